The number of nitrogens with one attached hydrogen (secondary N) is 1. The molecule has 1 unspecified atom stereocenters. The number of anilines is 1. The first-order valence-electron chi connectivity index (χ1n) is 7.45. The zero-order valence-corrected chi connectivity index (χ0v) is 14.0. The minimum Gasteiger partial charge on any atom is -0.368 e. The number of carbonyl (C=O) groups is 1. The van der Waals surface area contributed by atoms with Gasteiger partial charge in [-0.25, -0.2) is 13.9 Å². The molecule has 0 bridgehead atoms. The summed E-state index contributed by atoms with van der Waals surface area (Å²) in [7, 11) is 0. The second-order valence-corrected chi connectivity index (χ2v) is 6.28. The molecule has 2 rings (SSSR count). The van der Waals surface area contributed by atoms with Crippen LogP contribution in [0.25, 0.3) is 0 Å². The summed E-state index contributed by atoms with van der Waals surface area (Å²) >= 11 is 1.11. The van der Waals surface area contributed by atoms with Gasteiger partial charge < -0.3 is 10.6 Å². The molecule has 0 spiro atoms. The Morgan fingerprint density at radius 1 is 1.38 bits per heavy atom. The monoisotopic (exact) mass is 355 g/mol. The van der Waals surface area contributed by atoms with E-state index in [1.54, 1.807) is 12.1 Å². The maximum absolute atomic E-state index is 12.9. The second-order valence-electron chi connectivity index (χ2n) is 5.11. The van der Waals surface area contributed by atoms with Gasteiger partial charge in [0.25, 0.3) is 6.43 Å². The van der Waals surface area contributed by atoms with Crippen LogP contribution in [-0.4, -0.2) is 44.2 Å². The van der Waals surface area contributed by atoms with Gasteiger partial charge in [-0.2, -0.15) is 4.98 Å². The molecular weight excluding hydrogens is 336 g/mol. The van der Waals surface area contributed by atoms with Gasteiger partial charge in [-0.3, -0.25) is 4.79 Å². The third-order valence-electron chi connectivity index (χ3n) is 3.26. The largest absolute Gasteiger partial charge is 0.368 e. The Morgan fingerprint density at radius 2 is 2.08 bits per heavy atom. The molecule has 6 nitrogen and oxygen atoms in total. The highest BCUT2D eigenvalue weighted by Crippen LogP contribution is 2.25. The van der Waals surface area contributed by atoms with Crippen molar-refractivity contribution in [1.82, 2.24) is 20.1 Å². The number of nitrogen functional groups attached to an aromatic ring is 1. The first kappa shape index (κ1) is 18.2. The molecule has 0 saturated heterocycles. The van der Waals surface area contributed by atoms with Crippen molar-refractivity contribution in [3.8, 4) is 0 Å². The molecule has 0 radical (unpaired) electrons. The predicted molar refractivity (Wildman–Crippen MR) is 88.6 cm³/mol. The van der Waals surface area contributed by atoms with E-state index in [9.17, 15) is 13.6 Å². The Kier molecular flexibility index (Phi) is 6.53. The van der Waals surface area contributed by atoms with E-state index in [-0.39, 0.29) is 18.4 Å². The summed E-state index contributed by atoms with van der Waals surface area (Å²) in [5.74, 6) is -0.219. The molecule has 1 heterocycles. The number of carbonyl (C=O) groups excluding carboxylic acids is 1. The quantitative estimate of drug-likeness (QED) is 0.711. The number of hydrogen-bond donors (Lipinski definition) is 2. The minimum atomic E-state index is -2.60. The summed E-state index contributed by atoms with van der Waals surface area (Å²) in [5.41, 5.74) is 6.26. The first-order valence-corrected chi connectivity index (χ1v) is 8.33. The summed E-state index contributed by atoms with van der Waals surface area (Å²) in [6, 6.07) is 9.05. The minimum absolute atomic E-state index is 0.136. The van der Waals surface area contributed by atoms with Gasteiger partial charge in [0.15, 0.2) is 0 Å². The molecule has 3 N–H and O–H groups in total. The van der Waals surface area contributed by atoms with Gasteiger partial charge >= 0.3 is 0 Å². The average molecular weight is 355 g/mol. The zero-order chi connectivity index (χ0) is 17.5. The fourth-order valence-corrected chi connectivity index (χ4v) is 3.07. The summed E-state index contributed by atoms with van der Waals surface area (Å²) in [5, 5.41) is 6.13. The van der Waals surface area contributed by atoms with Gasteiger partial charge in [0.2, 0.25) is 17.0 Å². The van der Waals surface area contributed by atoms with Crippen molar-refractivity contribution in [2.45, 2.75) is 36.7 Å². The van der Waals surface area contributed by atoms with E-state index in [2.05, 4.69) is 15.2 Å². The number of nitrogens with zero attached hydrogens (tertiary/aromatic N) is 3. The van der Waals surface area contributed by atoms with E-state index >= 15 is 0 Å². The summed E-state index contributed by atoms with van der Waals surface area (Å²) in [4.78, 5) is 17.8. The van der Waals surface area contributed by atoms with Crippen molar-refractivity contribution < 1.29 is 13.6 Å². The molecule has 0 aliphatic heterocycles. The van der Waals surface area contributed by atoms with Crippen molar-refractivity contribution in [2.75, 3.05) is 12.3 Å². The fraction of sp³-hybridized carbons (Fsp3) is 0.400. The molecule has 0 saturated carbocycles. The lowest BCUT2D eigenvalue weighted by Gasteiger charge is -2.26. The number of aromatic nitrogens is 3. The molecule has 9 heteroatoms. The number of halogens is 2. The van der Waals surface area contributed by atoms with Gasteiger partial charge in [0, 0.05) is 6.54 Å². The molecule has 1 atom stereocenters. The van der Waals surface area contributed by atoms with Gasteiger partial charge in [0.1, 0.15) is 0 Å². The highest BCUT2D eigenvalue weighted by molar-refractivity contribution is 8.00. The molecule has 2 aromatic rings. The van der Waals surface area contributed by atoms with Gasteiger partial charge in [-0.1, -0.05) is 49.0 Å². The van der Waals surface area contributed by atoms with Crippen LogP contribution in [-0.2, 0) is 11.3 Å². The van der Waals surface area contributed by atoms with E-state index in [1.165, 1.54) is 4.90 Å². The number of benzene rings is 1. The first-order chi connectivity index (χ1) is 11.5. The topological polar surface area (TPSA) is 87.9 Å². The number of thioether (sulfide) groups is 1. The number of rotatable bonds is 8. The highest BCUT2D eigenvalue weighted by atomic mass is 32.2. The van der Waals surface area contributed by atoms with Crippen molar-refractivity contribution >= 4 is 23.6 Å². The normalized spacial score (nSPS) is 12.3. The van der Waals surface area contributed by atoms with Crippen LogP contribution in [0.5, 0.6) is 0 Å². The van der Waals surface area contributed by atoms with Gasteiger partial charge in [0.05, 0.1) is 11.8 Å². The SMILES string of the molecule is CCC(Sc1n[nH]c(N)n1)C(=O)N(Cc1ccccc1)CC(F)F. The lowest BCUT2D eigenvalue weighted by molar-refractivity contribution is -0.133. The van der Waals surface area contributed by atoms with E-state index in [0.717, 1.165) is 17.3 Å². The third-order valence-corrected chi connectivity index (χ3v) is 4.48. The van der Waals surface area contributed by atoms with Crippen LogP contribution < -0.4 is 5.73 Å². The number of H-pyrrole nitrogens is 1. The van der Waals surface area contributed by atoms with Gasteiger partial charge in [-0.05, 0) is 12.0 Å². The van der Waals surface area contributed by atoms with Crippen LogP contribution in [0.2, 0.25) is 0 Å². The smallest absolute Gasteiger partial charge is 0.255 e. The van der Waals surface area contributed by atoms with Crippen molar-refractivity contribution in [1.29, 1.82) is 0 Å². The van der Waals surface area contributed by atoms with Crippen LogP contribution >= 0.6 is 11.8 Å². The standard InChI is InChI=1S/C15H19F2N5OS/c1-2-11(24-15-19-14(18)20-21-15)13(23)22(9-12(16)17)8-10-6-4-3-5-7-10/h3-7,11-12H,2,8-9H2,1H3,(H3,18,19,20,21). The highest BCUT2D eigenvalue weighted by Gasteiger charge is 2.27. The molecule has 24 heavy (non-hydrogen) atoms. The number of aromatic amines is 1. The van der Waals surface area contributed by atoms with Crippen LogP contribution in [0.3, 0.4) is 0 Å². The summed E-state index contributed by atoms with van der Waals surface area (Å²) < 4.78 is 25.8. The number of amides is 1. The predicted octanol–water partition coefficient (Wildman–Crippen LogP) is 2.55. The van der Waals surface area contributed by atoms with E-state index in [1.807, 2.05) is 25.1 Å². The molecule has 1 aromatic heterocycles. The van der Waals surface area contributed by atoms with Crippen LogP contribution in [0.15, 0.2) is 35.5 Å². The lowest BCUT2D eigenvalue weighted by Crippen LogP contribution is -2.40. The molecule has 0 aliphatic carbocycles. The summed E-state index contributed by atoms with van der Waals surface area (Å²) in [6.07, 6.45) is -2.13. The number of nitrogens with two attached hydrogens (primary N) is 1. The Balaban J connectivity index is 2.11. The van der Waals surface area contributed by atoms with E-state index in [4.69, 9.17) is 5.73 Å². The molecule has 1 aromatic carbocycles. The van der Waals surface area contributed by atoms with Crippen molar-refractivity contribution in [3.05, 3.63) is 35.9 Å². The summed E-state index contributed by atoms with van der Waals surface area (Å²) in [6.45, 7) is 1.34. The Hall–Kier alpha value is -2.16. The average Bonchev–Trinajstić information content (AvgIpc) is 2.97. The molecular formula is C15H19F2N5OS. The van der Waals surface area contributed by atoms with Crippen LogP contribution in [0.1, 0.15) is 18.9 Å². The Bertz CT molecular complexity index is 652. The maximum atomic E-state index is 12.9. The van der Waals surface area contributed by atoms with Crippen LogP contribution in [0, 0.1) is 0 Å². The molecule has 0 aliphatic rings. The van der Waals surface area contributed by atoms with Crippen molar-refractivity contribution in [3.63, 3.8) is 0 Å². The van der Waals surface area contributed by atoms with Crippen LogP contribution in [0.4, 0.5) is 14.7 Å². The Morgan fingerprint density at radius 3 is 2.62 bits per heavy atom. The lowest BCUT2D eigenvalue weighted by atomic mass is 10.2. The van der Waals surface area contributed by atoms with Crippen molar-refractivity contribution in [2.24, 2.45) is 0 Å². The third kappa shape index (κ3) is 5.19. The Labute approximate surface area is 142 Å². The molecule has 0 fully saturated rings. The molecule has 1 amide bonds. The van der Waals surface area contributed by atoms with Gasteiger partial charge in [-0.15, -0.1) is 5.10 Å². The van der Waals surface area contributed by atoms with E-state index in [0.29, 0.717) is 11.6 Å². The van der Waals surface area contributed by atoms with E-state index < -0.39 is 18.2 Å². The second kappa shape index (κ2) is 8.62. The fourth-order valence-electron chi connectivity index (χ4n) is 2.15. The molecule has 130 valence electrons. The number of hydrogen-bond acceptors (Lipinski definition) is 5. The zero-order valence-electron chi connectivity index (χ0n) is 13.2. The maximum Gasteiger partial charge on any atom is 0.255 e. The number of alkyl halides is 2.